The van der Waals surface area contributed by atoms with Gasteiger partial charge in [0.1, 0.15) is 16.8 Å². The number of amides is 2. The minimum atomic E-state index is -0.848. The number of halogens is 1. The predicted molar refractivity (Wildman–Crippen MR) is 190 cm³/mol. The highest BCUT2D eigenvalue weighted by molar-refractivity contribution is 8.00. The van der Waals surface area contributed by atoms with Crippen LogP contribution >= 0.6 is 23.4 Å². The van der Waals surface area contributed by atoms with Gasteiger partial charge in [-0.15, -0.1) is 0 Å². The predicted octanol–water partition coefficient (Wildman–Crippen LogP) is 7.72. The fourth-order valence-electron chi connectivity index (χ4n) is 5.41. The third-order valence-corrected chi connectivity index (χ3v) is 9.58. The Labute approximate surface area is 297 Å². The summed E-state index contributed by atoms with van der Waals surface area (Å²) in [5.41, 5.74) is 4.85. The van der Waals surface area contributed by atoms with Gasteiger partial charge in [0.05, 0.1) is 39.9 Å². The van der Waals surface area contributed by atoms with E-state index in [0.717, 1.165) is 33.4 Å². The van der Waals surface area contributed by atoms with Crippen molar-refractivity contribution in [1.29, 1.82) is 5.26 Å². The number of rotatable bonds is 10. The van der Waals surface area contributed by atoms with Gasteiger partial charge in [0.2, 0.25) is 17.6 Å². The summed E-state index contributed by atoms with van der Waals surface area (Å²) in [5.74, 6) is -1.43. The lowest BCUT2D eigenvalue weighted by molar-refractivity contribution is -0.121. The molecule has 6 rings (SSSR count). The normalized spacial score (nSPS) is 14.0. The molecule has 4 aromatic carbocycles. The van der Waals surface area contributed by atoms with Crippen molar-refractivity contribution in [2.24, 2.45) is 0 Å². The second-order valence-electron chi connectivity index (χ2n) is 11.3. The van der Waals surface area contributed by atoms with Crippen LogP contribution < -0.4 is 9.64 Å². The Balaban J connectivity index is 1.23. The molecule has 0 aliphatic carbocycles. The van der Waals surface area contributed by atoms with E-state index < -0.39 is 35.4 Å². The molecule has 0 N–H and O–H groups in total. The number of pyridine rings is 1. The van der Waals surface area contributed by atoms with Gasteiger partial charge >= 0.3 is 5.97 Å². The third-order valence-electron chi connectivity index (χ3n) is 8.08. The first-order valence-corrected chi connectivity index (χ1v) is 16.7. The highest BCUT2D eigenvalue weighted by atomic mass is 35.5. The molecular formula is C39H28ClN3O6S. The smallest absolute Gasteiger partial charge is 0.338 e. The van der Waals surface area contributed by atoms with Crippen molar-refractivity contribution < 1.29 is 28.7 Å². The van der Waals surface area contributed by atoms with E-state index in [9.17, 15) is 24.4 Å². The molecule has 0 bridgehead atoms. The van der Waals surface area contributed by atoms with E-state index in [0.29, 0.717) is 27.6 Å². The van der Waals surface area contributed by atoms with Crippen LogP contribution in [0.3, 0.4) is 0 Å². The molecule has 1 unspecified atom stereocenters. The summed E-state index contributed by atoms with van der Waals surface area (Å²) >= 11 is 7.13. The molecule has 248 valence electrons. The van der Waals surface area contributed by atoms with Crippen LogP contribution in [-0.2, 0) is 14.3 Å². The number of ketones is 1. The van der Waals surface area contributed by atoms with Gasteiger partial charge in [-0.3, -0.25) is 14.4 Å². The number of carbonyl (C=O) groups excluding carboxylic acids is 4. The van der Waals surface area contributed by atoms with Gasteiger partial charge in [0, 0.05) is 23.1 Å². The Morgan fingerprint density at radius 3 is 2.30 bits per heavy atom. The molecule has 5 aromatic rings. The number of thioether (sulfide) groups is 1. The highest BCUT2D eigenvalue weighted by Gasteiger charge is 2.41. The van der Waals surface area contributed by atoms with E-state index in [2.05, 4.69) is 6.07 Å². The number of hydrogen-bond donors (Lipinski definition) is 0. The number of esters is 1. The fourth-order valence-corrected chi connectivity index (χ4v) is 6.78. The second kappa shape index (κ2) is 14.8. The standard InChI is InChI=1S/C39H28ClN3O6S/c1-23-7-9-24(10-8-23)30-19-33(25-13-17-28(48-2)18-14-25)42-37(31(30)21-41)50-35-20-36(45)43(38(35)46)27-15-11-26(12-16-27)39(47)49-22-34(44)29-5-3-4-6-32(29)40/h3-19,35H,20,22H2,1-2H3. The minimum Gasteiger partial charge on any atom is -0.497 e. The third kappa shape index (κ3) is 7.15. The Hall–Kier alpha value is -5.76. The number of carbonyl (C=O) groups is 4. The van der Waals surface area contributed by atoms with E-state index in [1.54, 1.807) is 31.4 Å². The molecule has 50 heavy (non-hydrogen) atoms. The summed E-state index contributed by atoms with van der Waals surface area (Å²) in [6.07, 6.45) is -0.114. The molecule has 2 amide bonds. The average molecular weight is 702 g/mol. The number of aryl methyl sites for hydroxylation is 1. The number of Topliss-reactive ketones (excluding diaryl/α,β-unsaturated/α-hetero) is 1. The molecule has 1 fully saturated rings. The first-order valence-electron chi connectivity index (χ1n) is 15.4. The van der Waals surface area contributed by atoms with Crippen molar-refractivity contribution in [3.05, 3.63) is 130 Å². The zero-order valence-corrected chi connectivity index (χ0v) is 28.5. The van der Waals surface area contributed by atoms with Crippen molar-refractivity contribution >= 4 is 52.6 Å². The maximum absolute atomic E-state index is 13.7. The number of nitrogens with zero attached hydrogens (tertiary/aromatic N) is 3. The fraction of sp³-hybridized carbons (Fsp3) is 0.128. The number of imide groups is 1. The molecule has 9 nitrogen and oxygen atoms in total. The lowest BCUT2D eigenvalue weighted by Crippen LogP contribution is -2.31. The van der Waals surface area contributed by atoms with Crippen LogP contribution in [0.1, 0.15) is 38.3 Å². The van der Waals surface area contributed by atoms with Crippen LogP contribution in [0.25, 0.3) is 22.4 Å². The van der Waals surface area contributed by atoms with Gasteiger partial charge < -0.3 is 9.47 Å². The topological polar surface area (TPSA) is 127 Å². The van der Waals surface area contributed by atoms with Gasteiger partial charge in [-0.25, -0.2) is 14.7 Å². The lowest BCUT2D eigenvalue weighted by Gasteiger charge is -2.17. The Morgan fingerprint density at radius 1 is 0.960 bits per heavy atom. The van der Waals surface area contributed by atoms with Crippen LogP contribution in [0.15, 0.2) is 108 Å². The van der Waals surface area contributed by atoms with E-state index >= 15 is 0 Å². The van der Waals surface area contributed by atoms with E-state index in [4.69, 9.17) is 26.1 Å². The molecule has 1 saturated heterocycles. The zero-order chi connectivity index (χ0) is 35.4. The number of nitriles is 1. The van der Waals surface area contributed by atoms with Crippen molar-refractivity contribution in [3.63, 3.8) is 0 Å². The molecule has 0 saturated carbocycles. The lowest BCUT2D eigenvalue weighted by atomic mass is 9.98. The highest BCUT2D eigenvalue weighted by Crippen LogP contribution is 2.39. The number of hydrogen-bond acceptors (Lipinski definition) is 9. The first-order chi connectivity index (χ1) is 24.2. The SMILES string of the molecule is COc1ccc(-c2cc(-c3ccc(C)cc3)c(C#N)c(SC3CC(=O)N(c4ccc(C(=O)OCC(=O)c5ccccc5Cl)cc4)C3=O)n2)cc1. The molecule has 1 atom stereocenters. The maximum atomic E-state index is 13.7. The van der Waals surface area contributed by atoms with E-state index in [1.165, 1.54) is 24.3 Å². The molecule has 1 aromatic heterocycles. The molecule has 2 heterocycles. The van der Waals surface area contributed by atoms with Gasteiger partial charge in [-0.1, -0.05) is 65.3 Å². The minimum absolute atomic E-state index is 0.114. The number of anilines is 1. The van der Waals surface area contributed by atoms with Crippen LogP contribution in [-0.4, -0.2) is 47.5 Å². The van der Waals surface area contributed by atoms with Crippen molar-refractivity contribution in [1.82, 2.24) is 4.98 Å². The van der Waals surface area contributed by atoms with Crippen molar-refractivity contribution in [2.45, 2.75) is 23.6 Å². The van der Waals surface area contributed by atoms with E-state index in [-0.39, 0.29) is 28.3 Å². The number of aromatic nitrogens is 1. The Morgan fingerprint density at radius 2 is 1.64 bits per heavy atom. The Bertz CT molecular complexity index is 2160. The zero-order valence-electron chi connectivity index (χ0n) is 26.9. The van der Waals surface area contributed by atoms with Crippen LogP contribution in [0.5, 0.6) is 5.75 Å². The van der Waals surface area contributed by atoms with Crippen molar-refractivity contribution in [2.75, 3.05) is 18.6 Å². The summed E-state index contributed by atoms with van der Waals surface area (Å²) in [5, 5.41) is 10.1. The van der Waals surface area contributed by atoms with Gasteiger partial charge in [-0.2, -0.15) is 5.26 Å². The summed E-state index contributed by atoms with van der Waals surface area (Å²) < 4.78 is 10.5. The Kier molecular flexibility index (Phi) is 10.1. The summed E-state index contributed by atoms with van der Waals surface area (Å²) in [6.45, 7) is 1.47. The van der Waals surface area contributed by atoms with Crippen LogP contribution in [0.2, 0.25) is 5.02 Å². The number of methoxy groups -OCH3 is 1. The molecule has 0 radical (unpaired) electrons. The molecule has 0 spiro atoms. The number of benzene rings is 4. The first kappa shape index (κ1) is 34.1. The monoisotopic (exact) mass is 701 g/mol. The van der Waals surface area contributed by atoms with E-state index in [1.807, 2.05) is 61.5 Å². The maximum Gasteiger partial charge on any atom is 0.338 e. The van der Waals surface area contributed by atoms with Crippen LogP contribution in [0, 0.1) is 18.3 Å². The number of ether oxygens (including phenoxy) is 2. The molecule has 1 aliphatic heterocycles. The second-order valence-corrected chi connectivity index (χ2v) is 12.9. The van der Waals surface area contributed by atoms with Gasteiger partial charge in [0.25, 0.3) is 0 Å². The molecule has 11 heteroatoms. The van der Waals surface area contributed by atoms with Crippen LogP contribution in [0.4, 0.5) is 5.69 Å². The van der Waals surface area contributed by atoms with Crippen molar-refractivity contribution in [3.8, 4) is 34.2 Å². The molecule has 1 aliphatic rings. The average Bonchev–Trinajstić information content (AvgIpc) is 3.42. The summed E-state index contributed by atoms with van der Waals surface area (Å²) in [4.78, 5) is 57.9. The van der Waals surface area contributed by atoms with Gasteiger partial charge in [-0.05, 0) is 79.2 Å². The van der Waals surface area contributed by atoms with Gasteiger partial charge in [0.15, 0.2) is 6.61 Å². The largest absolute Gasteiger partial charge is 0.497 e. The summed E-state index contributed by atoms with van der Waals surface area (Å²) in [6, 6.07) is 31.5. The quantitative estimate of drug-likeness (QED) is 0.0817. The molecular weight excluding hydrogens is 674 g/mol. The summed E-state index contributed by atoms with van der Waals surface area (Å²) in [7, 11) is 1.58.